The van der Waals surface area contributed by atoms with Gasteiger partial charge in [0.05, 0.1) is 12.8 Å². The summed E-state index contributed by atoms with van der Waals surface area (Å²) in [4.78, 5) is 17.1. The fourth-order valence-electron chi connectivity index (χ4n) is 3.22. The summed E-state index contributed by atoms with van der Waals surface area (Å²) in [5, 5.41) is 7.03. The van der Waals surface area contributed by atoms with Gasteiger partial charge in [0, 0.05) is 45.2 Å². The molecule has 2 heterocycles. The van der Waals surface area contributed by atoms with Crippen molar-refractivity contribution in [3.05, 3.63) is 64.1 Å². The van der Waals surface area contributed by atoms with E-state index in [1.807, 2.05) is 30.6 Å². The fraction of sp³-hybridized carbons (Fsp3) is 0.143. The number of fused-ring (bicyclic) bond motifs is 1. The monoisotopic (exact) mass is 411 g/mol. The van der Waals surface area contributed by atoms with Crippen LogP contribution in [-0.2, 0) is 7.05 Å². The van der Waals surface area contributed by atoms with Gasteiger partial charge in [-0.3, -0.25) is 10.1 Å². The van der Waals surface area contributed by atoms with E-state index >= 15 is 0 Å². The standard InChI is InChI=1S/C21H18ClN3O2S/c1-12-19(16-10-15(27-3)8-9-18(16)25(12)2)17-11-28-21(23-17)24-20(26)13-4-6-14(22)7-5-13/h4-11H,1-3H3,(H,23,24,26). The highest BCUT2D eigenvalue weighted by molar-refractivity contribution is 7.14. The molecule has 0 bridgehead atoms. The van der Waals surface area contributed by atoms with Gasteiger partial charge in [0.15, 0.2) is 5.13 Å². The summed E-state index contributed by atoms with van der Waals surface area (Å²) >= 11 is 7.28. The zero-order valence-electron chi connectivity index (χ0n) is 15.6. The number of nitrogens with zero attached hydrogens (tertiary/aromatic N) is 2. The average Bonchev–Trinajstić information content (AvgIpc) is 3.24. The lowest BCUT2D eigenvalue weighted by atomic mass is 10.1. The zero-order chi connectivity index (χ0) is 19.8. The number of methoxy groups -OCH3 is 1. The van der Waals surface area contributed by atoms with Crippen LogP contribution in [0.15, 0.2) is 47.8 Å². The van der Waals surface area contributed by atoms with E-state index in [9.17, 15) is 4.79 Å². The summed E-state index contributed by atoms with van der Waals surface area (Å²) in [6.07, 6.45) is 0. The van der Waals surface area contributed by atoms with Gasteiger partial charge in [-0.25, -0.2) is 4.98 Å². The maximum Gasteiger partial charge on any atom is 0.257 e. The Balaban J connectivity index is 1.68. The van der Waals surface area contributed by atoms with Gasteiger partial charge < -0.3 is 9.30 Å². The Morgan fingerprint density at radius 1 is 1.21 bits per heavy atom. The van der Waals surface area contributed by atoms with E-state index in [1.165, 1.54) is 11.3 Å². The first-order valence-corrected chi connectivity index (χ1v) is 9.89. The lowest BCUT2D eigenvalue weighted by Gasteiger charge is -2.02. The van der Waals surface area contributed by atoms with Gasteiger partial charge in [0.25, 0.3) is 5.91 Å². The number of anilines is 1. The van der Waals surface area contributed by atoms with Crippen LogP contribution in [-0.4, -0.2) is 22.6 Å². The minimum atomic E-state index is -0.214. The fourth-order valence-corrected chi connectivity index (χ4v) is 4.04. The first kappa shape index (κ1) is 18.5. The van der Waals surface area contributed by atoms with Crippen LogP contribution < -0.4 is 10.1 Å². The van der Waals surface area contributed by atoms with Crippen molar-refractivity contribution in [2.45, 2.75) is 6.92 Å². The van der Waals surface area contributed by atoms with Crippen LogP contribution >= 0.6 is 22.9 Å². The molecule has 1 N–H and O–H groups in total. The lowest BCUT2D eigenvalue weighted by Crippen LogP contribution is -2.11. The largest absolute Gasteiger partial charge is 0.497 e. The maximum atomic E-state index is 12.4. The number of hydrogen-bond donors (Lipinski definition) is 1. The Labute approximate surface area is 171 Å². The molecule has 5 nitrogen and oxygen atoms in total. The molecule has 7 heteroatoms. The molecule has 4 rings (SSSR count). The molecule has 2 aromatic heterocycles. The van der Waals surface area contributed by atoms with Gasteiger partial charge in [-0.15, -0.1) is 11.3 Å². The van der Waals surface area contributed by atoms with Gasteiger partial charge in [0.1, 0.15) is 5.75 Å². The maximum absolute atomic E-state index is 12.4. The van der Waals surface area contributed by atoms with Gasteiger partial charge in [0.2, 0.25) is 0 Å². The molecule has 1 amide bonds. The number of hydrogen-bond acceptors (Lipinski definition) is 4. The Kier molecular flexibility index (Phi) is 4.83. The first-order valence-electron chi connectivity index (χ1n) is 8.64. The van der Waals surface area contributed by atoms with Gasteiger partial charge in [-0.1, -0.05) is 11.6 Å². The zero-order valence-corrected chi connectivity index (χ0v) is 17.2. The van der Waals surface area contributed by atoms with E-state index in [2.05, 4.69) is 21.8 Å². The molecule has 0 saturated carbocycles. The third-order valence-corrected chi connectivity index (χ3v) is 5.80. The molecule has 0 aliphatic heterocycles. The second kappa shape index (κ2) is 7.30. The van der Waals surface area contributed by atoms with Gasteiger partial charge >= 0.3 is 0 Å². The molecule has 0 aliphatic rings. The molecule has 0 atom stereocenters. The van der Waals surface area contributed by atoms with Crippen LogP contribution in [0.25, 0.3) is 22.2 Å². The van der Waals surface area contributed by atoms with Gasteiger partial charge in [-0.05, 0) is 49.4 Å². The number of halogens is 1. The molecule has 142 valence electrons. The molecule has 0 fully saturated rings. The van der Waals surface area contributed by atoms with Crippen molar-refractivity contribution in [2.75, 3.05) is 12.4 Å². The lowest BCUT2D eigenvalue weighted by molar-refractivity contribution is 0.102. The van der Waals surface area contributed by atoms with E-state index in [0.29, 0.717) is 15.7 Å². The van der Waals surface area contributed by atoms with Crippen molar-refractivity contribution in [1.82, 2.24) is 9.55 Å². The van der Waals surface area contributed by atoms with E-state index in [0.717, 1.165) is 33.6 Å². The molecular formula is C21H18ClN3O2S. The first-order chi connectivity index (χ1) is 13.5. The third kappa shape index (κ3) is 3.25. The van der Waals surface area contributed by atoms with Gasteiger partial charge in [-0.2, -0.15) is 0 Å². The number of thiazole rings is 1. The number of aryl methyl sites for hydroxylation is 1. The second-order valence-electron chi connectivity index (χ2n) is 6.40. The van der Waals surface area contributed by atoms with E-state index in [4.69, 9.17) is 16.3 Å². The number of aromatic nitrogens is 2. The number of benzene rings is 2. The number of rotatable bonds is 4. The van der Waals surface area contributed by atoms with Crippen LogP contribution in [0.1, 0.15) is 16.1 Å². The summed E-state index contributed by atoms with van der Waals surface area (Å²) in [7, 11) is 3.69. The van der Waals surface area contributed by atoms with Crippen molar-refractivity contribution in [3.8, 4) is 17.0 Å². The minimum absolute atomic E-state index is 0.214. The van der Waals surface area contributed by atoms with Crippen LogP contribution in [0, 0.1) is 6.92 Å². The summed E-state index contributed by atoms with van der Waals surface area (Å²) in [6.45, 7) is 2.06. The number of carbonyl (C=O) groups excluding carboxylic acids is 1. The van der Waals surface area contributed by atoms with Crippen LogP contribution in [0.5, 0.6) is 5.75 Å². The highest BCUT2D eigenvalue weighted by Gasteiger charge is 2.18. The number of nitrogens with one attached hydrogen (secondary N) is 1. The molecule has 0 unspecified atom stereocenters. The molecule has 2 aromatic carbocycles. The topological polar surface area (TPSA) is 56.1 Å². The Bertz CT molecular complexity index is 1180. The summed E-state index contributed by atoms with van der Waals surface area (Å²) < 4.78 is 7.52. The van der Waals surface area contributed by atoms with E-state index in [-0.39, 0.29) is 5.91 Å². The van der Waals surface area contributed by atoms with Crippen molar-refractivity contribution in [1.29, 1.82) is 0 Å². The van der Waals surface area contributed by atoms with Crippen LogP contribution in [0.2, 0.25) is 5.02 Å². The quantitative estimate of drug-likeness (QED) is 0.480. The Hall–Kier alpha value is -2.83. The summed E-state index contributed by atoms with van der Waals surface area (Å²) in [5.74, 6) is 0.583. The molecule has 0 saturated heterocycles. The highest BCUT2D eigenvalue weighted by Crippen LogP contribution is 2.37. The minimum Gasteiger partial charge on any atom is -0.497 e. The highest BCUT2D eigenvalue weighted by atomic mass is 35.5. The molecule has 0 aliphatic carbocycles. The number of amides is 1. The predicted molar refractivity (Wildman–Crippen MR) is 115 cm³/mol. The SMILES string of the molecule is COc1ccc2c(c1)c(-c1csc(NC(=O)c3ccc(Cl)cc3)n1)c(C)n2C. The van der Waals surface area contributed by atoms with Crippen molar-refractivity contribution >= 4 is 44.9 Å². The van der Waals surface area contributed by atoms with Crippen molar-refractivity contribution in [3.63, 3.8) is 0 Å². The summed E-state index contributed by atoms with van der Waals surface area (Å²) in [6, 6.07) is 12.8. The summed E-state index contributed by atoms with van der Waals surface area (Å²) in [5.41, 5.74) is 4.61. The second-order valence-corrected chi connectivity index (χ2v) is 7.70. The van der Waals surface area contributed by atoms with Crippen LogP contribution in [0.3, 0.4) is 0 Å². The van der Waals surface area contributed by atoms with Crippen molar-refractivity contribution in [2.24, 2.45) is 7.05 Å². The average molecular weight is 412 g/mol. The molecular weight excluding hydrogens is 394 g/mol. The molecule has 4 aromatic rings. The Morgan fingerprint density at radius 3 is 2.68 bits per heavy atom. The third-order valence-electron chi connectivity index (χ3n) is 4.79. The Morgan fingerprint density at radius 2 is 1.96 bits per heavy atom. The molecule has 28 heavy (non-hydrogen) atoms. The van der Waals surface area contributed by atoms with E-state index < -0.39 is 0 Å². The molecule has 0 spiro atoms. The normalized spacial score (nSPS) is 11.0. The van der Waals surface area contributed by atoms with Crippen molar-refractivity contribution < 1.29 is 9.53 Å². The molecule has 0 radical (unpaired) electrons. The number of carbonyl (C=O) groups is 1. The van der Waals surface area contributed by atoms with Crippen LogP contribution in [0.4, 0.5) is 5.13 Å². The number of ether oxygens (including phenoxy) is 1. The smallest absolute Gasteiger partial charge is 0.257 e. The van der Waals surface area contributed by atoms with E-state index in [1.54, 1.807) is 31.4 Å². The predicted octanol–water partition coefficient (Wildman–Crippen LogP) is 5.52.